The van der Waals surface area contributed by atoms with E-state index in [2.05, 4.69) is 39.7 Å². The molecule has 0 aromatic carbocycles. The van der Waals surface area contributed by atoms with Crippen molar-refractivity contribution in [2.75, 3.05) is 40.0 Å². The van der Waals surface area contributed by atoms with Gasteiger partial charge in [0.25, 0.3) is 0 Å². The van der Waals surface area contributed by atoms with Crippen molar-refractivity contribution in [3.63, 3.8) is 0 Å². The zero-order valence-corrected chi connectivity index (χ0v) is 19.1. The van der Waals surface area contributed by atoms with Crippen molar-refractivity contribution in [1.82, 2.24) is 25.4 Å². The molecule has 1 rings (SSSR count). The van der Waals surface area contributed by atoms with E-state index in [1.807, 2.05) is 18.5 Å². The number of aryl methyl sites for hydroxylation is 1. The van der Waals surface area contributed by atoms with Crippen LogP contribution in [0.5, 0.6) is 0 Å². The lowest BCUT2D eigenvalue weighted by atomic mass is 10.1. The average Bonchev–Trinajstić information content (AvgIpc) is 2.90. The number of aromatic nitrogens is 3. The number of aliphatic imine (C=N–C) groups is 1. The van der Waals surface area contributed by atoms with Crippen LogP contribution in [0.2, 0.25) is 0 Å². The van der Waals surface area contributed by atoms with E-state index in [0.29, 0.717) is 25.6 Å². The Morgan fingerprint density at radius 1 is 1.15 bits per heavy atom. The molecule has 0 radical (unpaired) electrons. The Morgan fingerprint density at radius 3 is 2.50 bits per heavy atom. The van der Waals surface area contributed by atoms with E-state index < -0.39 is 0 Å². The number of halogens is 1. The highest BCUT2D eigenvalue weighted by molar-refractivity contribution is 14.0. The number of nitrogens with zero attached hydrogens (tertiary/aromatic N) is 4. The SMILES string of the molecule is COCCCNC(=NCc1nnc(C)n1C)NCCOCCC(C)C.I. The quantitative estimate of drug-likeness (QED) is 0.205. The molecule has 0 fully saturated rings. The standard InChI is InChI=1S/C17H34N6O2.HI/c1-14(2)7-11-25-12-9-19-17(18-8-6-10-24-5)20-13-16-22-21-15(3)23(16)4;/h14H,6-13H2,1-5H3,(H2,18,19,20);1H. The molecule has 0 aliphatic heterocycles. The molecule has 1 heterocycles. The minimum Gasteiger partial charge on any atom is -0.385 e. The molecule has 0 unspecified atom stereocenters. The summed E-state index contributed by atoms with van der Waals surface area (Å²) in [6.07, 6.45) is 2.01. The molecule has 0 atom stereocenters. The zero-order chi connectivity index (χ0) is 18.5. The number of guanidine groups is 1. The molecule has 8 nitrogen and oxygen atoms in total. The van der Waals surface area contributed by atoms with Gasteiger partial charge in [-0.3, -0.25) is 0 Å². The van der Waals surface area contributed by atoms with E-state index in [0.717, 1.165) is 50.2 Å². The van der Waals surface area contributed by atoms with Crippen LogP contribution in [-0.4, -0.2) is 60.7 Å². The van der Waals surface area contributed by atoms with Gasteiger partial charge >= 0.3 is 0 Å². The van der Waals surface area contributed by atoms with Gasteiger partial charge in [0.15, 0.2) is 11.8 Å². The number of hydrogen-bond acceptors (Lipinski definition) is 5. The first-order chi connectivity index (χ1) is 12.0. The number of ether oxygens (including phenoxy) is 2. The monoisotopic (exact) mass is 482 g/mol. The summed E-state index contributed by atoms with van der Waals surface area (Å²) >= 11 is 0. The first kappa shape index (κ1) is 25.1. The molecule has 9 heteroatoms. The van der Waals surface area contributed by atoms with Crippen LogP contribution in [-0.2, 0) is 23.1 Å². The molecular weight excluding hydrogens is 447 g/mol. The van der Waals surface area contributed by atoms with E-state index in [1.54, 1.807) is 7.11 Å². The van der Waals surface area contributed by atoms with Crippen LogP contribution in [0.4, 0.5) is 0 Å². The number of nitrogens with one attached hydrogen (secondary N) is 2. The summed E-state index contributed by atoms with van der Waals surface area (Å²) in [5.41, 5.74) is 0. The van der Waals surface area contributed by atoms with Gasteiger partial charge in [-0.05, 0) is 25.7 Å². The fourth-order valence-electron chi connectivity index (χ4n) is 2.00. The first-order valence-corrected chi connectivity index (χ1v) is 8.98. The molecule has 0 amide bonds. The third-order valence-electron chi connectivity index (χ3n) is 3.76. The van der Waals surface area contributed by atoms with Crippen LogP contribution < -0.4 is 10.6 Å². The molecule has 152 valence electrons. The highest BCUT2D eigenvalue weighted by atomic mass is 127. The van der Waals surface area contributed by atoms with Gasteiger partial charge in [0.2, 0.25) is 0 Å². The number of hydrogen-bond donors (Lipinski definition) is 2. The molecule has 2 N–H and O–H groups in total. The summed E-state index contributed by atoms with van der Waals surface area (Å²) in [5.74, 6) is 3.14. The fraction of sp³-hybridized carbons (Fsp3) is 0.824. The van der Waals surface area contributed by atoms with Gasteiger partial charge in [-0.1, -0.05) is 13.8 Å². The lowest BCUT2D eigenvalue weighted by molar-refractivity contribution is 0.128. The van der Waals surface area contributed by atoms with Crippen LogP contribution >= 0.6 is 24.0 Å². The largest absolute Gasteiger partial charge is 0.385 e. The van der Waals surface area contributed by atoms with Crippen LogP contribution in [0.1, 0.15) is 38.3 Å². The maximum atomic E-state index is 5.63. The van der Waals surface area contributed by atoms with Crippen molar-refractivity contribution in [3.8, 4) is 0 Å². The Morgan fingerprint density at radius 2 is 1.88 bits per heavy atom. The molecule has 1 aromatic rings. The summed E-state index contributed by atoms with van der Waals surface area (Å²) in [6.45, 7) is 10.5. The molecule has 26 heavy (non-hydrogen) atoms. The van der Waals surface area contributed by atoms with Crippen molar-refractivity contribution in [1.29, 1.82) is 0 Å². The van der Waals surface area contributed by atoms with Gasteiger partial charge in [0.1, 0.15) is 12.4 Å². The topological polar surface area (TPSA) is 85.6 Å². The smallest absolute Gasteiger partial charge is 0.191 e. The minimum atomic E-state index is 0. The van der Waals surface area contributed by atoms with Crippen LogP contribution in [0.25, 0.3) is 0 Å². The second-order valence-corrected chi connectivity index (χ2v) is 6.38. The number of rotatable bonds is 12. The minimum absolute atomic E-state index is 0. The molecule has 0 aliphatic rings. The van der Waals surface area contributed by atoms with E-state index in [4.69, 9.17) is 9.47 Å². The van der Waals surface area contributed by atoms with Crippen LogP contribution in [0.3, 0.4) is 0 Å². The summed E-state index contributed by atoms with van der Waals surface area (Å²) in [4.78, 5) is 4.59. The zero-order valence-electron chi connectivity index (χ0n) is 16.7. The lowest BCUT2D eigenvalue weighted by Crippen LogP contribution is -2.40. The molecule has 0 aliphatic carbocycles. The Kier molecular flexibility index (Phi) is 14.6. The van der Waals surface area contributed by atoms with E-state index in [-0.39, 0.29) is 24.0 Å². The normalized spacial score (nSPS) is 11.5. The predicted octanol–water partition coefficient (Wildman–Crippen LogP) is 1.88. The summed E-state index contributed by atoms with van der Waals surface area (Å²) in [6, 6.07) is 0. The third kappa shape index (κ3) is 10.9. The molecule has 1 aromatic heterocycles. The van der Waals surface area contributed by atoms with Gasteiger partial charge in [-0.15, -0.1) is 34.2 Å². The molecular formula is C17H35IN6O2. The Labute approximate surface area is 174 Å². The second kappa shape index (κ2) is 15.2. The van der Waals surface area contributed by atoms with Crippen LogP contribution in [0, 0.1) is 12.8 Å². The fourth-order valence-corrected chi connectivity index (χ4v) is 2.00. The van der Waals surface area contributed by atoms with Crippen molar-refractivity contribution in [2.45, 2.75) is 40.2 Å². The molecule has 0 saturated heterocycles. The van der Waals surface area contributed by atoms with Crippen molar-refractivity contribution >= 4 is 29.9 Å². The Balaban J connectivity index is 0.00000625. The Bertz CT molecular complexity index is 507. The van der Waals surface area contributed by atoms with Gasteiger partial charge < -0.3 is 24.7 Å². The van der Waals surface area contributed by atoms with Gasteiger partial charge in [0, 0.05) is 40.5 Å². The summed E-state index contributed by atoms with van der Waals surface area (Å²) < 4.78 is 12.7. The molecule has 0 spiro atoms. The van der Waals surface area contributed by atoms with E-state index in [9.17, 15) is 0 Å². The summed E-state index contributed by atoms with van der Waals surface area (Å²) in [7, 11) is 3.65. The predicted molar refractivity (Wildman–Crippen MR) is 115 cm³/mol. The maximum absolute atomic E-state index is 5.63. The van der Waals surface area contributed by atoms with Gasteiger partial charge in [0.05, 0.1) is 6.61 Å². The third-order valence-corrected chi connectivity index (χ3v) is 3.76. The first-order valence-electron chi connectivity index (χ1n) is 8.98. The van der Waals surface area contributed by atoms with Gasteiger partial charge in [-0.25, -0.2) is 4.99 Å². The summed E-state index contributed by atoms with van der Waals surface area (Å²) in [5, 5.41) is 14.8. The van der Waals surface area contributed by atoms with Crippen LogP contribution in [0.15, 0.2) is 4.99 Å². The van der Waals surface area contributed by atoms with E-state index >= 15 is 0 Å². The molecule has 0 bridgehead atoms. The lowest BCUT2D eigenvalue weighted by Gasteiger charge is -2.13. The highest BCUT2D eigenvalue weighted by Gasteiger charge is 2.05. The second-order valence-electron chi connectivity index (χ2n) is 6.38. The Hall–Kier alpha value is -0.940. The van der Waals surface area contributed by atoms with Gasteiger partial charge in [-0.2, -0.15) is 0 Å². The average molecular weight is 482 g/mol. The highest BCUT2D eigenvalue weighted by Crippen LogP contribution is 1.99. The van der Waals surface area contributed by atoms with Crippen molar-refractivity contribution < 1.29 is 9.47 Å². The van der Waals surface area contributed by atoms with Crippen molar-refractivity contribution in [3.05, 3.63) is 11.6 Å². The molecule has 0 saturated carbocycles. The number of methoxy groups -OCH3 is 1. The van der Waals surface area contributed by atoms with E-state index in [1.165, 1.54) is 0 Å². The maximum Gasteiger partial charge on any atom is 0.191 e. The van der Waals surface area contributed by atoms with Crippen molar-refractivity contribution in [2.24, 2.45) is 18.0 Å².